The van der Waals surface area contributed by atoms with Crippen LogP contribution in [-0.2, 0) is 18.9 Å². The van der Waals surface area contributed by atoms with Crippen LogP contribution < -0.4 is 19.6 Å². The Balaban J connectivity index is 1.35. The highest BCUT2D eigenvalue weighted by molar-refractivity contribution is 5.88. The average molecular weight is 771 g/mol. The minimum absolute atomic E-state index is 0.0468. The normalized spacial score (nSPS) is 37.2. The van der Waals surface area contributed by atoms with Gasteiger partial charge in [-0.25, -0.2) is 0 Å². The summed E-state index contributed by atoms with van der Waals surface area (Å²) in [5.74, 6) is -2.37. The molecule has 3 fully saturated rings. The number of benzene rings is 2. The minimum Gasteiger partial charge on any atom is -0.507 e. The van der Waals surface area contributed by atoms with Crippen molar-refractivity contribution in [2.24, 2.45) is 0 Å². The molecule has 4 heterocycles. The average Bonchev–Trinajstić information content (AvgIpc) is 3.14. The van der Waals surface area contributed by atoms with E-state index in [4.69, 9.17) is 37.6 Å². The number of hydrogen-bond acceptors (Lipinski definition) is 20. The maximum Gasteiger partial charge on any atom is 0.239 e. The second-order valence-corrected chi connectivity index (χ2v) is 13.2. The molecular weight excluding hydrogens is 728 g/mol. The lowest BCUT2D eigenvalue weighted by molar-refractivity contribution is -0.318. The van der Waals surface area contributed by atoms with Crippen molar-refractivity contribution >= 4 is 11.0 Å². The van der Waals surface area contributed by atoms with E-state index < -0.39 is 121 Å². The number of fused-ring (bicyclic) bond motifs is 1. The van der Waals surface area contributed by atoms with E-state index in [2.05, 4.69) is 0 Å². The molecule has 0 amide bonds. The lowest BCUT2D eigenvalue weighted by Gasteiger charge is -2.42. The fraction of sp³-hybridized carbons (Fsp3) is 0.559. The molecule has 298 valence electrons. The van der Waals surface area contributed by atoms with Crippen LogP contribution in [0.4, 0.5) is 0 Å². The van der Waals surface area contributed by atoms with E-state index >= 15 is 0 Å². The van der Waals surface area contributed by atoms with Gasteiger partial charge in [0.25, 0.3) is 0 Å². The van der Waals surface area contributed by atoms with Gasteiger partial charge in [-0.05, 0) is 32.0 Å². The third kappa shape index (κ3) is 7.41. The summed E-state index contributed by atoms with van der Waals surface area (Å²) in [6, 6.07) is 5.91. The topological polar surface area (TPSA) is 317 Å². The molecule has 0 saturated carbocycles. The van der Waals surface area contributed by atoms with Crippen LogP contribution in [0.1, 0.15) is 13.8 Å². The molecule has 11 N–H and O–H groups in total. The molecule has 15 atom stereocenters. The van der Waals surface area contributed by atoms with Gasteiger partial charge in [-0.3, -0.25) is 4.79 Å². The summed E-state index contributed by atoms with van der Waals surface area (Å²) in [5.41, 5.74) is -1.32. The van der Waals surface area contributed by atoms with Gasteiger partial charge in [0.05, 0.1) is 25.9 Å². The Morgan fingerprint density at radius 2 is 1.22 bits per heavy atom. The van der Waals surface area contributed by atoms with Gasteiger partial charge in [-0.15, -0.1) is 0 Å². The Morgan fingerprint density at radius 1 is 0.648 bits per heavy atom. The highest BCUT2D eigenvalue weighted by atomic mass is 16.7. The van der Waals surface area contributed by atoms with E-state index in [1.165, 1.54) is 39.2 Å². The summed E-state index contributed by atoms with van der Waals surface area (Å²) < 4.78 is 44.8. The standard InChI is InChI=1S/C34H42O20/c1-10-20(37)24(41)27(44)32(49-10)48-9-18-22(39)26(43)29(46)34(53-18)54-31-23(40)19-15(36)7-13(51-33-28(45)25(42)21(38)11(2)50-33)8-17(19)52-30(31)12-4-5-14(35)16(6-12)47-3/h4-8,10-11,18,20-22,24-29,32-39,41-46H,9H2,1-3H3/t10-,11-,18+,20-,21-,22+,24+,25+,26-,27+,28+,29+,32+,33-,34-/m0/s1. The Morgan fingerprint density at radius 3 is 1.85 bits per heavy atom. The molecule has 0 bridgehead atoms. The summed E-state index contributed by atoms with van der Waals surface area (Å²) in [6.45, 7) is 2.22. The summed E-state index contributed by atoms with van der Waals surface area (Å²) in [5, 5.41) is 114. The van der Waals surface area contributed by atoms with Gasteiger partial charge in [0.15, 0.2) is 23.5 Å². The van der Waals surface area contributed by atoms with Crippen LogP contribution in [0.3, 0.4) is 0 Å². The first-order valence-electron chi connectivity index (χ1n) is 16.8. The largest absolute Gasteiger partial charge is 0.507 e. The van der Waals surface area contributed by atoms with Crippen molar-refractivity contribution in [1.29, 1.82) is 0 Å². The summed E-state index contributed by atoms with van der Waals surface area (Å²) >= 11 is 0. The van der Waals surface area contributed by atoms with Crippen molar-refractivity contribution in [2.75, 3.05) is 13.7 Å². The van der Waals surface area contributed by atoms with Gasteiger partial charge in [-0.1, -0.05) is 0 Å². The predicted octanol–water partition coefficient (Wildman–Crippen LogP) is -2.88. The molecule has 20 nitrogen and oxygen atoms in total. The van der Waals surface area contributed by atoms with Gasteiger partial charge in [0, 0.05) is 17.7 Å². The highest BCUT2D eigenvalue weighted by Crippen LogP contribution is 2.40. The van der Waals surface area contributed by atoms with Crippen molar-refractivity contribution in [1.82, 2.24) is 0 Å². The molecule has 1 aromatic heterocycles. The molecule has 3 saturated heterocycles. The SMILES string of the molecule is COc1cc(-c2oc3cc(O[C@@H]4O[C@@H](C)[C@H](O)[C@@H](O)[C@H]4O)cc(O)c3c(=O)c2O[C@@H]2O[C@H](CO[C@@H]3O[C@@H](C)[C@H](O)[C@@H](O)[C@H]3O)[C@@H](O)[C@H](O)[C@H]2O)ccc1O. The van der Waals surface area contributed by atoms with Gasteiger partial charge >= 0.3 is 0 Å². The minimum atomic E-state index is -2.01. The molecule has 20 heteroatoms. The molecule has 0 aliphatic carbocycles. The molecule has 3 aliphatic rings. The van der Waals surface area contributed by atoms with Crippen molar-refractivity contribution in [3.05, 3.63) is 40.6 Å². The fourth-order valence-electron chi connectivity index (χ4n) is 6.30. The maximum atomic E-state index is 14.2. The number of ether oxygens (including phenoxy) is 7. The highest BCUT2D eigenvalue weighted by Gasteiger charge is 2.48. The Kier molecular flexibility index (Phi) is 11.6. The van der Waals surface area contributed by atoms with E-state index in [1.54, 1.807) is 0 Å². The molecule has 3 aromatic rings. The number of hydrogen-bond donors (Lipinski definition) is 11. The Labute approximate surface area is 305 Å². The van der Waals surface area contributed by atoms with E-state index in [0.717, 1.165) is 12.1 Å². The second kappa shape index (κ2) is 15.7. The van der Waals surface area contributed by atoms with Crippen LogP contribution >= 0.6 is 0 Å². The number of aliphatic hydroxyl groups is 9. The first-order chi connectivity index (χ1) is 25.5. The van der Waals surface area contributed by atoms with Crippen molar-refractivity contribution < 1.29 is 93.7 Å². The molecule has 6 rings (SSSR count). The number of aromatic hydroxyl groups is 2. The zero-order valence-corrected chi connectivity index (χ0v) is 28.8. The number of aliphatic hydroxyl groups excluding tert-OH is 9. The van der Waals surface area contributed by atoms with Crippen molar-refractivity contribution in [2.45, 2.75) is 106 Å². The summed E-state index contributed by atoms with van der Waals surface area (Å²) in [6.07, 6.45) is -23.7. The Hall–Kier alpha value is -3.87. The number of phenolic OH excluding ortho intramolecular Hbond substituents is 2. The first-order valence-corrected chi connectivity index (χ1v) is 16.8. The molecule has 0 spiro atoms. The Bertz CT molecular complexity index is 1850. The lowest BCUT2D eigenvalue weighted by Crippen LogP contribution is -2.61. The first kappa shape index (κ1) is 39.8. The van der Waals surface area contributed by atoms with E-state index in [-0.39, 0.29) is 34.2 Å². The van der Waals surface area contributed by atoms with Crippen molar-refractivity contribution in [3.63, 3.8) is 0 Å². The quantitative estimate of drug-likeness (QED) is 0.104. The third-order valence-corrected chi connectivity index (χ3v) is 9.54. The monoisotopic (exact) mass is 770 g/mol. The zero-order chi connectivity index (χ0) is 39.3. The van der Waals surface area contributed by atoms with Gasteiger partial charge in [-0.2, -0.15) is 0 Å². The van der Waals surface area contributed by atoms with Gasteiger partial charge < -0.3 is 93.7 Å². The lowest BCUT2D eigenvalue weighted by atomic mass is 9.98. The fourth-order valence-corrected chi connectivity index (χ4v) is 6.30. The van der Waals surface area contributed by atoms with E-state index in [0.29, 0.717) is 0 Å². The third-order valence-electron chi connectivity index (χ3n) is 9.54. The van der Waals surface area contributed by atoms with Crippen LogP contribution in [0.25, 0.3) is 22.3 Å². The molecule has 0 radical (unpaired) electrons. The van der Waals surface area contributed by atoms with Crippen LogP contribution in [0.15, 0.2) is 39.5 Å². The predicted molar refractivity (Wildman–Crippen MR) is 176 cm³/mol. The van der Waals surface area contributed by atoms with Crippen LogP contribution in [0.5, 0.6) is 28.7 Å². The smallest absolute Gasteiger partial charge is 0.239 e. The van der Waals surface area contributed by atoms with Crippen LogP contribution in [-0.4, -0.2) is 162 Å². The van der Waals surface area contributed by atoms with E-state index in [1.807, 2.05) is 0 Å². The van der Waals surface area contributed by atoms with Crippen molar-refractivity contribution in [3.8, 4) is 40.1 Å². The molecule has 3 aliphatic heterocycles. The number of phenols is 2. The summed E-state index contributed by atoms with van der Waals surface area (Å²) in [7, 11) is 1.26. The number of methoxy groups -OCH3 is 1. The second-order valence-electron chi connectivity index (χ2n) is 13.2. The molecular formula is C34H42O20. The molecule has 54 heavy (non-hydrogen) atoms. The maximum absolute atomic E-state index is 14.2. The molecule has 0 unspecified atom stereocenters. The zero-order valence-electron chi connectivity index (χ0n) is 28.8. The van der Waals surface area contributed by atoms with Crippen LogP contribution in [0, 0.1) is 0 Å². The van der Waals surface area contributed by atoms with Crippen LogP contribution in [0.2, 0.25) is 0 Å². The van der Waals surface area contributed by atoms with Gasteiger partial charge in [0.2, 0.25) is 23.8 Å². The summed E-state index contributed by atoms with van der Waals surface area (Å²) in [4.78, 5) is 14.2. The number of rotatable bonds is 9. The van der Waals surface area contributed by atoms with Gasteiger partial charge in [0.1, 0.15) is 83.5 Å². The van der Waals surface area contributed by atoms with E-state index in [9.17, 15) is 61.0 Å². The molecule has 2 aromatic carbocycles.